The van der Waals surface area contributed by atoms with Crippen LogP contribution in [0.15, 0.2) is 65.7 Å². The van der Waals surface area contributed by atoms with Gasteiger partial charge in [-0.2, -0.15) is 9.55 Å². The van der Waals surface area contributed by atoms with Crippen LogP contribution in [0.1, 0.15) is 28.6 Å². The molecular weight excluding hydrogens is 590 g/mol. The second-order valence-corrected chi connectivity index (χ2v) is 11.0. The van der Waals surface area contributed by atoms with Crippen LogP contribution in [-0.2, 0) is 16.1 Å². The average molecular weight is 619 g/mol. The molecule has 0 bridgehead atoms. The number of H-pyrrole nitrogens is 1. The molecule has 1 aliphatic carbocycles. The SMILES string of the molecule is C=C1[C@H](COC(=O)C[n+]2c(C)n(C(=O)c3ccc(Cl)cc3)c3ccc(OC)cc32)[C@@H](O)C[C@@H]1n1cnc2c(=O)[nH]c(N)nc21. The number of ether oxygens (including phenoxy) is 2. The lowest BCUT2D eigenvalue weighted by Crippen LogP contribution is -2.42. The number of nitrogens with zero attached hydrogens (tertiary/aromatic N) is 5. The van der Waals surface area contributed by atoms with Crippen LogP contribution in [0.2, 0.25) is 5.02 Å². The van der Waals surface area contributed by atoms with Crippen molar-refractivity contribution >= 4 is 51.6 Å². The molecule has 226 valence electrons. The third kappa shape index (κ3) is 4.99. The summed E-state index contributed by atoms with van der Waals surface area (Å²) in [7, 11) is 1.53. The molecule has 44 heavy (non-hydrogen) atoms. The molecular formula is C30H29ClN7O6+. The van der Waals surface area contributed by atoms with Crippen LogP contribution in [0.5, 0.6) is 5.75 Å². The molecule has 3 heterocycles. The number of nitrogen functional groups attached to an aromatic ring is 1. The van der Waals surface area contributed by atoms with E-state index in [-0.39, 0.29) is 42.6 Å². The summed E-state index contributed by atoms with van der Waals surface area (Å²) >= 11 is 6.01. The minimum absolute atomic E-state index is 0.0551. The number of halogens is 1. The van der Waals surface area contributed by atoms with Crippen LogP contribution >= 0.6 is 11.6 Å². The molecule has 1 fully saturated rings. The summed E-state index contributed by atoms with van der Waals surface area (Å²) in [6.07, 6.45) is 0.849. The topological polar surface area (TPSA) is 171 Å². The van der Waals surface area contributed by atoms with Gasteiger partial charge in [-0.3, -0.25) is 9.78 Å². The number of aliphatic hydroxyl groups excluding tert-OH is 1. The van der Waals surface area contributed by atoms with Gasteiger partial charge in [-0.25, -0.2) is 19.1 Å². The van der Waals surface area contributed by atoms with Crippen molar-refractivity contribution in [3.05, 3.63) is 87.7 Å². The molecule has 0 unspecified atom stereocenters. The molecule has 6 rings (SSSR count). The van der Waals surface area contributed by atoms with E-state index in [4.69, 9.17) is 26.8 Å². The Kier molecular flexibility index (Phi) is 7.43. The Morgan fingerprint density at radius 3 is 2.73 bits per heavy atom. The van der Waals surface area contributed by atoms with Gasteiger partial charge in [0.25, 0.3) is 11.4 Å². The van der Waals surface area contributed by atoms with Gasteiger partial charge >= 0.3 is 11.9 Å². The minimum atomic E-state index is -0.866. The Bertz CT molecular complexity index is 2010. The smallest absolute Gasteiger partial charge is 0.348 e. The summed E-state index contributed by atoms with van der Waals surface area (Å²) in [5, 5.41) is 11.4. The van der Waals surface area contributed by atoms with Gasteiger partial charge < -0.3 is 24.9 Å². The molecule has 14 heteroatoms. The molecule has 0 spiro atoms. The summed E-state index contributed by atoms with van der Waals surface area (Å²) in [6.45, 7) is 5.57. The number of anilines is 1. The van der Waals surface area contributed by atoms with Crippen LogP contribution in [-0.4, -0.2) is 60.9 Å². The summed E-state index contributed by atoms with van der Waals surface area (Å²) in [5.74, 6) is -0.429. The van der Waals surface area contributed by atoms with Crippen molar-refractivity contribution < 1.29 is 28.7 Å². The number of carbonyl (C=O) groups excluding carboxylic acids is 2. The van der Waals surface area contributed by atoms with Gasteiger partial charge in [-0.1, -0.05) is 18.2 Å². The minimum Gasteiger partial charge on any atom is -0.497 e. The maximum Gasteiger partial charge on any atom is 0.348 e. The lowest BCUT2D eigenvalue weighted by atomic mass is 10.0. The summed E-state index contributed by atoms with van der Waals surface area (Å²) in [5.41, 5.74) is 7.86. The third-order valence-electron chi connectivity index (χ3n) is 8.05. The van der Waals surface area contributed by atoms with Gasteiger partial charge in [0.15, 0.2) is 28.7 Å². The summed E-state index contributed by atoms with van der Waals surface area (Å²) in [4.78, 5) is 49.7. The fourth-order valence-corrected chi connectivity index (χ4v) is 5.89. The van der Waals surface area contributed by atoms with Crippen LogP contribution in [0.3, 0.4) is 0 Å². The molecule has 4 N–H and O–H groups in total. The van der Waals surface area contributed by atoms with E-state index in [1.54, 1.807) is 58.5 Å². The second-order valence-electron chi connectivity index (χ2n) is 10.6. The number of carbonyl (C=O) groups is 2. The number of methoxy groups -OCH3 is 1. The molecule has 13 nitrogen and oxygen atoms in total. The quantitative estimate of drug-likeness (QED) is 0.141. The molecule has 2 aromatic carbocycles. The lowest BCUT2D eigenvalue weighted by Gasteiger charge is -2.17. The van der Waals surface area contributed by atoms with Gasteiger partial charge in [-0.15, -0.1) is 0 Å². The first-order valence-corrected chi connectivity index (χ1v) is 14.1. The molecule has 5 aromatic rings. The van der Waals surface area contributed by atoms with E-state index >= 15 is 0 Å². The molecule has 0 radical (unpaired) electrons. The zero-order valence-corrected chi connectivity index (χ0v) is 24.6. The number of imidazole rings is 2. The first-order chi connectivity index (χ1) is 21.1. The number of aromatic nitrogens is 6. The van der Waals surface area contributed by atoms with Gasteiger partial charge in [0.1, 0.15) is 12.4 Å². The van der Waals surface area contributed by atoms with Crippen molar-refractivity contribution in [3.8, 4) is 5.75 Å². The average Bonchev–Trinajstić information content (AvgIpc) is 3.63. The highest BCUT2D eigenvalue weighted by Crippen LogP contribution is 2.40. The van der Waals surface area contributed by atoms with Crippen molar-refractivity contribution in [2.45, 2.75) is 32.0 Å². The van der Waals surface area contributed by atoms with Crippen LogP contribution in [0.4, 0.5) is 5.95 Å². The Labute approximate surface area is 255 Å². The highest BCUT2D eigenvalue weighted by atomic mass is 35.5. The number of benzene rings is 2. The number of aromatic amines is 1. The van der Waals surface area contributed by atoms with E-state index in [9.17, 15) is 19.5 Å². The maximum absolute atomic E-state index is 13.5. The number of esters is 1. The van der Waals surface area contributed by atoms with Crippen molar-refractivity contribution in [3.63, 3.8) is 0 Å². The highest BCUT2D eigenvalue weighted by Gasteiger charge is 2.39. The number of hydrogen-bond donors (Lipinski definition) is 3. The molecule has 0 aliphatic heterocycles. The lowest BCUT2D eigenvalue weighted by molar-refractivity contribution is -0.666. The summed E-state index contributed by atoms with van der Waals surface area (Å²) in [6, 6.07) is 11.4. The Balaban J connectivity index is 1.23. The molecule has 3 atom stereocenters. The standard InChI is InChI=1S/C30H28ClN7O6/c1-15-20(24(39)11-22(15)37-14-33-26-27(37)34-30(32)35-28(26)41)13-44-25(40)12-36-16(2)38(21-9-8-19(43-3)10-23(21)36)29(42)17-4-6-18(31)7-5-17/h4-10,14,20,22,24,39H,1,11-13H2,2-3H3,(H2-,32,34,35,41)/p+1/t20-,22-,24-/m0/s1. The van der Waals surface area contributed by atoms with Crippen LogP contribution < -0.4 is 20.6 Å². The van der Waals surface area contributed by atoms with Crippen molar-refractivity contribution in [1.29, 1.82) is 0 Å². The molecule has 1 saturated carbocycles. The summed E-state index contributed by atoms with van der Waals surface area (Å²) < 4.78 is 15.9. The Morgan fingerprint density at radius 1 is 1.25 bits per heavy atom. The van der Waals surface area contributed by atoms with E-state index < -0.39 is 29.6 Å². The first-order valence-electron chi connectivity index (χ1n) is 13.7. The van der Waals surface area contributed by atoms with Crippen LogP contribution in [0.25, 0.3) is 22.2 Å². The van der Waals surface area contributed by atoms with Crippen molar-refractivity contribution in [1.82, 2.24) is 24.1 Å². The van der Waals surface area contributed by atoms with E-state index in [0.29, 0.717) is 38.8 Å². The fourth-order valence-electron chi connectivity index (χ4n) is 5.76. The highest BCUT2D eigenvalue weighted by molar-refractivity contribution is 6.30. The predicted octanol–water partition coefficient (Wildman–Crippen LogP) is 2.32. The van der Waals surface area contributed by atoms with Crippen molar-refractivity contribution in [2.24, 2.45) is 5.92 Å². The van der Waals surface area contributed by atoms with E-state index in [1.807, 2.05) is 0 Å². The number of nitrogens with one attached hydrogen (secondary N) is 1. The number of aliphatic hydroxyl groups is 1. The second kappa shape index (κ2) is 11.2. The largest absolute Gasteiger partial charge is 0.497 e. The molecule has 0 saturated heterocycles. The maximum atomic E-state index is 13.5. The van der Waals surface area contributed by atoms with E-state index in [0.717, 1.165) is 0 Å². The zero-order chi connectivity index (χ0) is 31.3. The number of nitrogens with two attached hydrogens (primary N) is 1. The number of rotatable bonds is 7. The van der Waals surface area contributed by atoms with Crippen molar-refractivity contribution in [2.75, 3.05) is 19.5 Å². The van der Waals surface area contributed by atoms with Gasteiger partial charge in [-0.05, 0) is 48.4 Å². The van der Waals surface area contributed by atoms with E-state index in [2.05, 4.69) is 21.5 Å². The van der Waals surface area contributed by atoms with Gasteiger partial charge in [0.2, 0.25) is 5.95 Å². The van der Waals surface area contributed by atoms with E-state index in [1.165, 1.54) is 18.0 Å². The van der Waals surface area contributed by atoms with Crippen LogP contribution in [0, 0.1) is 12.8 Å². The third-order valence-corrected chi connectivity index (χ3v) is 8.31. The Morgan fingerprint density at radius 2 is 2.00 bits per heavy atom. The normalized spacial score (nSPS) is 18.3. The fraction of sp³-hybridized carbons (Fsp3) is 0.267. The van der Waals surface area contributed by atoms with Gasteiger partial charge in [0.05, 0.1) is 31.1 Å². The zero-order valence-electron chi connectivity index (χ0n) is 23.9. The molecule has 0 amide bonds. The molecule has 3 aromatic heterocycles. The Hall–Kier alpha value is -5.01. The monoisotopic (exact) mass is 618 g/mol. The van der Waals surface area contributed by atoms with Gasteiger partial charge in [0, 0.05) is 23.9 Å². The molecule has 1 aliphatic rings. The first kappa shape index (κ1) is 29.1. The number of fused-ring (bicyclic) bond motifs is 2. The predicted molar refractivity (Wildman–Crippen MR) is 160 cm³/mol. The number of hydrogen-bond acceptors (Lipinski definition) is 9.